The van der Waals surface area contributed by atoms with E-state index in [0.29, 0.717) is 0 Å². The van der Waals surface area contributed by atoms with Crippen LogP contribution in [0.15, 0.2) is 30.3 Å². The van der Waals surface area contributed by atoms with Crippen molar-refractivity contribution < 1.29 is 9.59 Å². The zero-order valence-electron chi connectivity index (χ0n) is 12.8. The van der Waals surface area contributed by atoms with Crippen molar-refractivity contribution in [3.63, 3.8) is 0 Å². The highest BCUT2D eigenvalue weighted by molar-refractivity contribution is 5.87. The van der Waals surface area contributed by atoms with Gasteiger partial charge < -0.3 is 16.8 Å². The SMILES string of the molecule is Cl.Cl.NC(=O)CC(N)C(=O)NC1CCN(Cc2ccccc2)C1. The molecule has 5 N–H and O–H groups in total. The average molecular weight is 363 g/mol. The summed E-state index contributed by atoms with van der Waals surface area (Å²) in [5.41, 5.74) is 11.9. The summed E-state index contributed by atoms with van der Waals surface area (Å²) in [6.07, 6.45) is 0.772. The standard InChI is InChI=1S/C15H22N4O2.2ClH/c16-13(8-14(17)20)15(21)18-12-6-7-19(10-12)9-11-4-2-1-3-5-11;;/h1-5,12-13H,6-10,16H2,(H2,17,20)(H,18,21);2*1H. The molecule has 1 aliphatic rings. The number of nitrogens with two attached hydrogens (primary N) is 2. The fraction of sp³-hybridized carbons (Fsp3) is 0.467. The van der Waals surface area contributed by atoms with Gasteiger partial charge in [-0.05, 0) is 12.0 Å². The molecule has 0 aromatic heterocycles. The molecule has 1 aromatic rings. The molecule has 2 rings (SSSR count). The van der Waals surface area contributed by atoms with E-state index in [-0.39, 0.29) is 43.2 Å². The fourth-order valence-electron chi connectivity index (χ4n) is 2.55. The number of halogens is 2. The number of nitrogens with one attached hydrogen (secondary N) is 1. The second-order valence-electron chi connectivity index (χ2n) is 5.49. The summed E-state index contributed by atoms with van der Waals surface area (Å²) in [5.74, 6) is -0.866. The molecule has 8 heteroatoms. The minimum Gasteiger partial charge on any atom is -0.370 e. The third kappa shape index (κ3) is 7.18. The lowest BCUT2D eigenvalue weighted by atomic mass is 10.1. The van der Waals surface area contributed by atoms with Gasteiger partial charge in [0.25, 0.3) is 0 Å². The number of amides is 2. The molecule has 0 aliphatic carbocycles. The lowest BCUT2D eigenvalue weighted by Crippen LogP contribution is -2.47. The molecule has 6 nitrogen and oxygen atoms in total. The lowest BCUT2D eigenvalue weighted by Gasteiger charge is -2.18. The molecule has 1 aromatic carbocycles. The predicted molar refractivity (Wildman–Crippen MR) is 94.5 cm³/mol. The predicted octanol–water partition coefficient (Wildman–Crippen LogP) is 0.423. The number of carbonyl (C=O) groups excluding carboxylic acids is 2. The van der Waals surface area contributed by atoms with Crippen LogP contribution in [0.4, 0.5) is 0 Å². The van der Waals surface area contributed by atoms with E-state index in [1.54, 1.807) is 0 Å². The Morgan fingerprint density at radius 3 is 2.52 bits per heavy atom. The second kappa shape index (κ2) is 10.4. The van der Waals surface area contributed by atoms with Gasteiger partial charge in [0.05, 0.1) is 12.5 Å². The maximum absolute atomic E-state index is 11.8. The molecule has 0 saturated carbocycles. The number of nitrogens with zero attached hydrogens (tertiary/aromatic N) is 1. The molecule has 130 valence electrons. The summed E-state index contributed by atoms with van der Waals surface area (Å²) in [5, 5.41) is 2.89. The summed E-state index contributed by atoms with van der Waals surface area (Å²) in [7, 11) is 0. The summed E-state index contributed by atoms with van der Waals surface area (Å²) in [4.78, 5) is 24.9. The normalized spacial score (nSPS) is 18.4. The van der Waals surface area contributed by atoms with Crippen LogP contribution < -0.4 is 16.8 Å². The maximum Gasteiger partial charge on any atom is 0.237 e. The molecule has 2 amide bonds. The van der Waals surface area contributed by atoms with Crippen molar-refractivity contribution in [3.8, 4) is 0 Å². The van der Waals surface area contributed by atoms with Crippen LogP contribution in [0.2, 0.25) is 0 Å². The lowest BCUT2D eigenvalue weighted by molar-refractivity contribution is -0.126. The van der Waals surface area contributed by atoms with Gasteiger partial charge in [-0.3, -0.25) is 14.5 Å². The third-order valence-corrected chi connectivity index (χ3v) is 3.63. The molecule has 0 radical (unpaired) electrons. The molecule has 1 heterocycles. The summed E-state index contributed by atoms with van der Waals surface area (Å²) < 4.78 is 0. The minimum absolute atomic E-state index is 0. The molecule has 1 fully saturated rings. The van der Waals surface area contributed by atoms with Crippen molar-refractivity contribution in [1.82, 2.24) is 10.2 Å². The quantitative estimate of drug-likeness (QED) is 0.682. The number of carbonyl (C=O) groups is 2. The van der Waals surface area contributed by atoms with Crippen LogP contribution in [-0.2, 0) is 16.1 Å². The first-order chi connectivity index (χ1) is 10.0. The van der Waals surface area contributed by atoms with E-state index in [1.807, 2.05) is 18.2 Å². The van der Waals surface area contributed by atoms with Gasteiger partial charge in [0.1, 0.15) is 0 Å². The molecule has 1 aliphatic heterocycles. The van der Waals surface area contributed by atoms with Gasteiger partial charge >= 0.3 is 0 Å². The zero-order chi connectivity index (χ0) is 15.2. The molecule has 23 heavy (non-hydrogen) atoms. The van der Waals surface area contributed by atoms with Gasteiger partial charge in [-0.1, -0.05) is 30.3 Å². The van der Waals surface area contributed by atoms with Crippen LogP contribution in [0.1, 0.15) is 18.4 Å². The number of hydrogen-bond acceptors (Lipinski definition) is 4. The first-order valence-electron chi connectivity index (χ1n) is 7.15. The Kier molecular flexibility index (Phi) is 9.83. The van der Waals surface area contributed by atoms with Crippen LogP contribution in [0.3, 0.4) is 0 Å². The summed E-state index contributed by atoms with van der Waals surface area (Å²) in [6, 6.07) is 9.45. The second-order valence-corrected chi connectivity index (χ2v) is 5.49. The molecule has 0 bridgehead atoms. The molecule has 2 atom stereocenters. The summed E-state index contributed by atoms with van der Waals surface area (Å²) >= 11 is 0. The minimum atomic E-state index is -0.856. The van der Waals surface area contributed by atoms with Gasteiger partial charge in [0.15, 0.2) is 0 Å². The van der Waals surface area contributed by atoms with E-state index >= 15 is 0 Å². The highest BCUT2D eigenvalue weighted by atomic mass is 35.5. The molecule has 1 saturated heterocycles. The highest BCUT2D eigenvalue weighted by Gasteiger charge is 2.26. The molecule has 0 spiro atoms. The third-order valence-electron chi connectivity index (χ3n) is 3.63. The molecule has 2 unspecified atom stereocenters. The zero-order valence-corrected chi connectivity index (χ0v) is 14.4. The largest absolute Gasteiger partial charge is 0.370 e. The Bertz CT molecular complexity index is 502. The first-order valence-corrected chi connectivity index (χ1v) is 7.15. The van der Waals surface area contributed by atoms with Crippen LogP contribution in [-0.4, -0.2) is 41.9 Å². The van der Waals surface area contributed by atoms with E-state index < -0.39 is 11.9 Å². The van der Waals surface area contributed by atoms with Gasteiger partial charge in [-0.15, -0.1) is 24.8 Å². The number of benzene rings is 1. The smallest absolute Gasteiger partial charge is 0.237 e. The van der Waals surface area contributed by atoms with E-state index in [2.05, 4.69) is 22.3 Å². The van der Waals surface area contributed by atoms with Crippen molar-refractivity contribution in [2.45, 2.75) is 31.5 Å². The number of likely N-dealkylation sites (tertiary alicyclic amines) is 1. The van der Waals surface area contributed by atoms with Crippen molar-refractivity contribution >= 4 is 36.6 Å². The van der Waals surface area contributed by atoms with Crippen molar-refractivity contribution in [2.75, 3.05) is 13.1 Å². The molecular weight excluding hydrogens is 339 g/mol. The van der Waals surface area contributed by atoms with E-state index in [9.17, 15) is 9.59 Å². The average Bonchev–Trinajstić information content (AvgIpc) is 2.86. The van der Waals surface area contributed by atoms with E-state index in [4.69, 9.17) is 11.5 Å². The Hall–Kier alpha value is -1.34. The number of primary amides is 1. The highest BCUT2D eigenvalue weighted by Crippen LogP contribution is 2.13. The van der Waals surface area contributed by atoms with Crippen molar-refractivity contribution in [3.05, 3.63) is 35.9 Å². The van der Waals surface area contributed by atoms with Crippen molar-refractivity contribution in [2.24, 2.45) is 11.5 Å². The first kappa shape index (κ1) is 21.7. The summed E-state index contributed by atoms with van der Waals surface area (Å²) in [6.45, 7) is 2.61. The Morgan fingerprint density at radius 1 is 1.26 bits per heavy atom. The van der Waals surface area contributed by atoms with E-state index in [1.165, 1.54) is 5.56 Å². The maximum atomic E-state index is 11.8. The van der Waals surface area contributed by atoms with Gasteiger partial charge in [-0.25, -0.2) is 0 Å². The van der Waals surface area contributed by atoms with Crippen molar-refractivity contribution in [1.29, 1.82) is 0 Å². The Labute approximate surface area is 148 Å². The molecular formula is C15H24Cl2N4O2. The fourth-order valence-corrected chi connectivity index (χ4v) is 2.55. The van der Waals surface area contributed by atoms with Crippen LogP contribution in [0.5, 0.6) is 0 Å². The monoisotopic (exact) mass is 362 g/mol. The number of hydrogen-bond donors (Lipinski definition) is 3. The van der Waals surface area contributed by atoms with Gasteiger partial charge in [0, 0.05) is 25.7 Å². The number of rotatable bonds is 6. The topological polar surface area (TPSA) is 101 Å². The Balaban J connectivity index is 0.00000242. The Morgan fingerprint density at radius 2 is 1.91 bits per heavy atom. The van der Waals surface area contributed by atoms with E-state index in [0.717, 1.165) is 26.1 Å². The van der Waals surface area contributed by atoms with Gasteiger partial charge in [-0.2, -0.15) is 0 Å². The van der Waals surface area contributed by atoms with Crippen LogP contribution in [0.25, 0.3) is 0 Å². The van der Waals surface area contributed by atoms with Crippen LogP contribution >= 0.6 is 24.8 Å². The van der Waals surface area contributed by atoms with Crippen LogP contribution in [0, 0.1) is 0 Å². The van der Waals surface area contributed by atoms with Gasteiger partial charge in [0.2, 0.25) is 11.8 Å².